The number of nitrogens with zero attached hydrogens (tertiary/aromatic N) is 2. The third-order valence-electron chi connectivity index (χ3n) is 2.66. The first-order chi connectivity index (χ1) is 8.49. The first-order valence-corrected chi connectivity index (χ1v) is 5.68. The summed E-state index contributed by atoms with van der Waals surface area (Å²) in [6.45, 7) is 9.82. The van der Waals surface area contributed by atoms with Gasteiger partial charge in [-0.05, 0) is 35.1 Å². The molecule has 4 nitrogen and oxygen atoms in total. The molecule has 0 aliphatic heterocycles. The van der Waals surface area contributed by atoms with E-state index in [9.17, 15) is 0 Å². The van der Waals surface area contributed by atoms with E-state index >= 15 is 0 Å². The van der Waals surface area contributed by atoms with Crippen LogP contribution in [0.15, 0.2) is 36.7 Å². The average Bonchev–Trinajstić information content (AvgIpc) is 2.37. The quantitative estimate of drug-likeness (QED) is 0.462. The van der Waals surface area contributed by atoms with Crippen LogP contribution in [0.25, 0.3) is 12.2 Å². The van der Waals surface area contributed by atoms with Crippen molar-refractivity contribution in [3.05, 3.63) is 47.1 Å². The van der Waals surface area contributed by atoms with Gasteiger partial charge in [0.2, 0.25) is 0 Å². The molecular weight excluding hydrogens is 224 g/mol. The van der Waals surface area contributed by atoms with Crippen LogP contribution in [0.2, 0.25) is 0 Å². The minimum atomic E-state index is 0.680. The summed E-state index contributed by atoms with van der Waals surface area (Å²) < 4.78 is 0. The van der Waals surface area contributed by atoms with E-state index < -0.39 is 0 Å². The van der Waals surface area contributed by atoms with Crippen LogP contribution in [0.3, 0.4) is 0 Å². The molecule has 0 saturated heterocycles. The van der Waals surface area contributed by atoms with Crippen LogP contribution >= 0.6 is 0 Å². The van der Waals surface area contributed by atoms with Gasteiger partial charge >= 0.3 is 0 Å². The number of allylic oxidation sites excluding steroid dienone is 1. The number of hydrogen-bond acceptors (Lipinski definition) is 4. The molecule has 0 saturated carbocycles. The van der Waals surface area contributed by atoms with Crippen molar-refractivity contribution in [2.45, 2.75) is 6.92 Å². The van der Waals surface area contributed by atoms with E-state index in [2.05, 4.69) is 23.5 Å². The Morgan fingerprint density at radius 3 is 2.61 bits per heavy atom. The van der Waals surface area contributed by atoms with Gasteiger partial charge in [0.05, 0.1) is 5.70 Å². The fourth-order valence-electron chi connectivity index (χ4n) is 1.48. The molecule has 0 fully saturated rings. The largest absolute Gasteiger partial charge is 0.373 e. The number of anilines is 1. The number of likely N-dealkylation sites (N-methyl/N-ethyl adjacent to an activating group) is 1. The lowest BCUT2D eigenvalue weighted by Crippen LogP contribution is -2.28. The van der Waals surface area contributed by atoms with E-state index in [0.29, 0.717) is 5.70 Å². The van der Waals surface area contributed by atoms with Gasteiger partial charge in [-0.3, -0.25) is 0 Å². The topological polar surface area (TPSA) is 54.2 Å². The zero-order chi connectivity index (χ0) is 13.7. The first kappa shape index (κ1) is 14.0. The Hall–Kier alpha value is -2.07. The van der Waals surface area contributed by atoms with E-state index in [-0.39, 0.29) is 0 Å². The van der Waals surface area contributed by atoms with Crippen molar-refractivity contribution in [2.24, 2.45) is 5.84 Å². The molecule has 3 N–H and O–H groups in total. The van der Waals surface area contributed by atoms with Crippen molar-refractivity contribution in [3.63, 3.8) is 0 Å². The third-order valence-corrected chi connectivity index (χ3v) is 2.66. The number of rotatable bonds is 4. The molecule has 0 radical (unpaired) electrons. The van der Waals surface area contributed by atoms with Crippen molar-refractivity contribution in [3.8, 4) is 0 Å². The molecule has 0 aromatic carbocycles. The summed E-state index contributed by atoms with van der Waals surface area (Å²) >= 11 is 0. The second kappa shape index (κ2) is 6.02. The lowest BCUT2D eigenvalue weighted by Gasteiger charge is -2.15. The monoisotopic (exact) mass is 244 g/mol. The van der Waals surface area contributed by atoms with Gasteiger partial charge in [0.15, 0.2) is 0 Å². The standard InChI is InChI=1S/C14H20N4/c1-6-12-9-17-14(16-4)8-13(12)7-10(2)11(3)18(5)15/h6-9,16H,2-3,15H2,1,4-5H3/b12-6-,13-7-. The van der Waals surface area contributed by atoms with Crippen LogP contribution < -0.4 is 21.6 Å². The lowest BCUT2D eigenvalue weighted by molar-refractivity contribution is 0.454. The normalized spacial score (nSPS) is 12.4. The molecule has 0 bridgehead atoms. The highest BCUT2D eigenvalue weighted by Crippen LogP contribution is 2.06. The Morgan fingerprint density at radius 2 is 2.11 bits per heavy atom. The van der Waals surface area contributed by atoms with Crippen LogP contribution in [0.4, 0.5) is 5.82 Å². The summed E-state index contributed by atoms with van der Waals surface area (Å²) in [7, 11) is 3.57. The predicted molar refractivity (Wildman–Crippen MR) is 77.9 cm³/mol. The lowest BCUT2D eigenvalue weighted by atomic mass is 10.1. The highest BCUT2D eigenvalue weighted by Gasteiger charge is 2.00. The Morgan fingerprint density at radius 1 is 1.44 bits per heavy atom. The number of nitrogens with two attached hydrogens (primary N) is 1. The summed E-state index contributed by atoms with van der Waals surface area (Å²) in [5.41, 5.74) is 1.45. The van der Waals surface area contributed by atoms with Gasteiger partial charge in [0, 0.05) is 20.3 Å². The van der Waals surface area contributed by atoms with Crippen LogP contribution in [-0.4, -0.2) is 24.1 Å². The fourth-order valence-corrected chi connectivity index (χ4v) is 1.48. The van der Waals surface area contributed by atoms with Gasteiger partial charge < -0.3 is 10.3 Å². The predicted octanol–water partition coefficient (Wildman–Crippen LogP) is 0.580. The highest BCUT2D eigenvalue weighted by molar-refractivity contribution is 5.56. The molecule has 1 aromatic rings. The van der Waals surface area contributed by atoms with E-state index in [4.69, 9.17) is 5.84 Å². The van der Waals surface area contributed by atoms with Crippen LogP contribution in [0, 0.1) is 0 Å². The van der Waals surface area contributed by atoms with Gasteiger partial charge in [-0.1, -0.05) is 19.2 Å². The minimum absolute atomic E-state index is 0.680. The molecule has 1 heterocycles. The van der Waals surface area contributed by atoms with Crippen molar-refractivity contribution < 1.29 is 0 Å². The number of aromatic nitrogens is 1. The maximum Gasteiger partial charge on any atom is 0.126 e. The Labute approximate surface area is 108 Å². The second-order valence-corrected chi connectivity index (χ2v) is 3.96. The van der Waals surface area contributed by atoms with Crippen molar-refractivity contribution in [2.75, 3.05) is 19.4 Å². The molecule has 96 valence electrons. The van der Waals surface area contributed by atoms with Gasteiger partial charge in [-0.2, -0.15) is 0 Å². The van der Waals surface area contributed by atoms with Crippen LogP contribution in [-0.2, 0) is 0 Å². The molecule has 0 unspecified atom stereocenters. The highest BCUT2D eigenvalue weighted by atomic mass is 15.4. The SMILES string of the molecule is C=C(/C=c1/cc(NC)nc/c1=C/C)C(=C)N(C)N. The molecule has 0 amide bonds. The zero-order valence-electron chi connectivity index (χ0n) is 11.2. The van der Waals surface area contributed by atoms with E-state index in [1.807, 2.05) is 38.4 Å². The summed E-state index contributed by atoms with van der Waals surface area (Å²) in [5.74, 6) is 6.45. The molecular formula is C14H20N4. The zero-order valence-corrected chi connectivity index (χ0v) is 11.2. The molecule has 1 rings (SSSR count). The van der Waals surface area contributed by atoms with E-state index in [1.54, 1.807) is 7.05 Å². The minimum Gasteiger partial charge on any atom is -0.373 e. The maximum atomic E-state index is 5.64. The molecule has 0 spiro atoms. The number of hydrogen-bond donors (Lipinski definition) is 2. The molecule has 4 heteroatoms. The van der Waals surface area contributed by atoms with Crippen LogP contribution in [0.1, 0.15) is 6.92 Å². The van der Waals surface area contributed by atoms with E-state index in [0.717, 1.165) is 21.8 Å². The van der Waals surface area contributed by atoms with Gasteiger partial charge in [0.1, 0.15) is 5.82 Å². The smallest absolute Gasteiger partial charge is 0.126 e. The van der Waals surface area contributed by atoms with E-state index in [1.165, 1.54) is 5.01 Å². The summed E-state index contributed by atoms with van der Waals surface area (Å²) in [5, 5.41) is 6.54. The average molecular weight is 244 g/mol. The number of nitrogens with one attached hydrogen (secondary N) is 1. The Bertz CT molecular complexity index is 570. The summed E-state index contributed by atoms with van der Waals surface area (Å²) in [6.07, 6.45) is 5.77. The van der Waals surface area contributed by atoms with Crippen molar-refractivity contribution >= 4 is 18.0 Å². The molecule has 0 aliphatic carbocycles. The van der Waals surface area contributed by atoms with Gasteiger partial charge in [0.25, 0.3) is 0 Å². The Balaban J connectivity index is 3.31. The first-order valence-electron chi connectivity index (χ1n) is 5.68. The summed E-state index contributed by atoms with van der Waals surface area (Å²) in [6, 6.07) is 1.96. The molecule has 1 aromatic heterocycles. The molecule has 18 heavy (non-hydrogen) atoms. The fraction of sp³-hybridized carbons (Fsp3) is 0.214. The molecule has 0 aliphatic rings. The van der Waals surface area contributed by atoms with Gasteiger partial charge in [-0.15, -0.1) is 0 Å². The number of hydrazine groups is 1. The second-order valence-electron chi connectivity index (χ2n) is 3.96. The van der Waals surface area contributed by atoms with Crippen molar-refractivity contribution in [1.82, 2.24) is 9.99 Å². The van der Waals surface area contributed by atoms with Crippen LogP contribution in [0.5, 0.6) is 0 Å². The third kappa shape index (κ3) is 3.21. The molecule has 0 atom stereocenters. The summed E-state index contributed by atoms with van der Waals surface area (Å²) in [4.78, 5) is 4.27. The Kier molecular flexibility index (Phi) is 4.68. The maximum absolute atomic E-state index is 5.64. The van der Waals surface area contributed by atoms with Gasteiger partial charge in [-0.25, -0.2) is 10.8 Å². The number of pyridine rings is 1. The van der Waals surface area contributed by atoms with Crippen molar-refractivity contribution in [1.29, 1.82) is 0 Å².